The number of hydrogen-bond donors (Lipinski definition) is 1. The van der Waals surface area contributed by atoms with Crippen LogP contribution in [0.1, 0.15) is 6.42 Å². The Labute approximate surface area is 107 Å². The average Bonchev–Trinajstić information content (AvgIpc) is 2.39. The molecule has 1 aromatic heterocycles. The summed E-state index contributed by atoms with van der Waals surface area (Å²) in [5.74, 6) is 0.940. The highest BCUT2D eigenvalue weighted by Gasteiger charge is 2.08. The zero-order valence-electron chi connectivity index (χ0n) is 10.4. The van der Waals surface area contributed by atoms with E-state index in [0.717, 1.165) is 30.4 Å². The van der Waals surface area contributed by atoms with Crippen LogP contribution in [0.5, 0.6) is 0 Å². The summed E-state index contributed by atoms with van der Waals surface area (Å²) >= 11 is 1.61. The fourth-order valence-electron chi connectivity index (χ4n) is 1.44. The van der Waals surface area contributed by atoms with E-state index in [4.69, 9.17) is 10.5 Å². The van der Waals surface area contributed by atoms with E-state index < -0.39 is 0 Å². The molecule has 5 nitrogen and oxygen atoms in total. The number of ether oxygens (including phenoxy) is 1. The zero-order chi connectivity index (χ0) is 12.5. The van der Waals surface area contributed by atoms with E-state index in [9.17, 15) is 0 Å². The molecule has 1 heterocycles. The van der Waals surface area contributed by atoms with Gasteiger partial charge in [0.2, 0.25) is 0 Å². The first kappa shape index (κ1) is 14.2. The van der Waals surface area contributed by atoms with Crippen LogP contribution in [0, 0.1) is 0 Å². The van der Waals surface area contributed by atoms with Gasteiger partial charge >= 0.3 is 0 Å². The number of aromatic nitrogens is 2. The van der Waals surface area contributed by atoms with Crippen LogP contribution in [0.4, 0.5) is 5.82 Å². The third-order valence-electron chi connectivity index (χ3n) is 2.36. The normalized spacial score (nSPS) is 10.5. The highest BCUT2D eigenvalue weighted by Crippen LogP contribution is 2.17. The molecule has 0 amide bonds. The number of thioether (sulfide) groups is 1. The lowest BCUT2D eigenvalue weighted by molar-refractivity contribution is 0.205. The standard InChI is InChI=1S/C11H20N4OS/c1-16-7-6-15(5-3-4-12)10-8-11(17-2)14-9-13-10/h8-9H,3-7,12H2,1-2H3. The molecule has 96 valence electrons. The van der Waals surface area contributed by atoms with Gasteiger partial charge in [-0.2, -0.15) is 0 Å². The Morgan fingerprint density at radius 1 is 1.41 bits per heavy atom. The van der Waals surface area contributed by atoms with Crippen molar-refractivity contribution in [3.05, 3.63) is 12.4 Å². The number of anilines is 1. The first-order chi connectivity index (χ1) is 8.31. The number of rotatable bonds is 8. The Balaban J connectivity index is 2.71. The number of nitrogens with two attached hydrogens (primary N) is 1. The molecule has 1 aromatic rings. The van der Waals surface area contributed by atoms with Crippen LogP contribution in [-0.2, 0) is 4.74 Å². The second-order valence-electron chi connectivity index (χ2n) is 3.54. The van der Waals surface area contributed by atoms with Crippen LogP contribution in [-0.4, -0.2) is 49.6 Å². The molecule has 0 saturated heterocycles. The van der Waals surface area contributed by atoms with Crippen LogP contribution in [0.2, 0.25) is 0 Å². The van der Waals surface area contributed by atoms with Gasteiger partial charge in [-0.25, -0.2) is 9.97 Å². The molecule has 0 aromatic carbocycles. The average molecular weight is 256 g/mol. The lowest BCUT2D eigenvalue weighted by Crippen LogP contribution is -2.30. The summed E-state index contributed by atoms with van der Waals surface area (Å²) in [5.41, 5.74) is 5.54. The van der Waals surface area contributed by atoms with Crippen LogP contribution < -0.4 is 10.6 Å². The number of methoxy groups -OCH3 is 1. The maximum Gasteiger partial charge on any atom is 0.133 e. The van der Waals surface area contributed by atoms with Crippen molar-refractivity contribution in [2.45, 2.75) is 11.4 Å². The summed E-state index contributed by atoms with van der Waals surface area (Å²) < 4.78 is 5.11. The number of nitrogens with zero attached hydrogens (tertiary/aromatic N) is 3. The highest BCUT2D eigenvalue weighted by atomic mass is 32.2. The maximum absolute atomic E-state index is 5.54. The van der Waals surface area contributed by atoms with Gasteiger partial charge < -0.3 is 15.4 Å². The minimum absolute atomic E-state index is 0.684. The van der Waals surface area contributed by atoms with E-state index in [1.165, 1.54) is 0 Å². The van der Waals surface area contributed by atoms with Gasteiger partial charge in [0.25, 0.3) is 0 Å². The lowest BCUT2D eigenvalue weighted by atomic mass is 10.3. The van der Waals surface area contributed by atoms with E-state index in [2.05, 4.69) is 14.9 Å². The van der Waals surface area contributed by atoms with Gasteiger partial charge in [-0.1, -0.05) is 0 Å². The van der Waals surface area contributed by atoms with Gasteiger partial charge in [-0.3, -0.25) is 0 Å². The number of hydrogen-bond acceptors (Lipinski definition) is 6. The quantitative estimate of drug-likeness (QED) is 0.553. The Kier molecular flexibility index (Phi) is 6.91. The molecular formula is C11H20N4OS. The topological polar surface area (TPSA) is 64.3 Å². The summed E-state index contributed by atoms with van der Waals surface area (Å²) in [7, 11) is 1.70. The summed E-state index contributed by atoms with van der Waals surface area (Å²) in [4.78, 5) is 10.6. The summed E-state index contributed by atoms with van der Waals surface area (Å²) in [6, 6.07) is 2.00. The monoisotopic (exact) mass is 256 g/mol. The van der Waals surface area contributed by atoms with E-state index in [0.29, 0.717) is 13.2 Å². The molecule has 0 radical (unpaired) electrons. The van der Waals surface area contributed by atoms with Gasteiger partial charge in [0.05, 0.1) is 6.61 Å². The molecule has 0 fully saturated rings. The van der Waals surface area contributed by atoms with E-state index in [1.807, 2.05) is 12.3 Å². The van der Waals surface area contributed by atoms with Crippen molar-refractivity contribution < 1.29 is 4.74 Å². The summed E-state index contributed by atoms with van der Waals surface area (Å²) in [6.45, 7) is 3.08. The van der Waals surface area contributed by atoms with Gasteiger partial charge in [0, 0.05) is 26.3 Å². The van der Waals surface area contributed by atoms with Crippen LogP contribution in [0.15, 0.2) is 17.4 Å². The molecule has 6 heteroatoms. The summed E-state index contributed by atoms with van der Waals surface area (Å²) in [5, 5.41) is 0.977. The summed E-state index contributed by atoms with van der Waals surface area (Å²) in [6.07, 6.45) is 4.55. The Morgan fingerprint density at radius 2 is 2.24 bits per heavy atom. The molecule has 0 aliphatic heterocycles. The maximum atomic E-state index is 5.54. The third kappa shape index (κ3) is 4.89. The van der Waals surface area contributed by atoms with Gasteiger partial charge in [-0.05, 0) is 19.2 Å². The third-order valence-corrected chi connectivity index (χ3v) is 3.00. The molecule has 0 unspecified atom stereocenters. The Morgan fingerprint density at radius 3 is 2.88 bits per heavy atom. The molecule has 2 N–H and O–H groups in total. The fraction of sp³-hybridized carbons (Fsp3) is 0.636. The molecule has 0 spiro atoms. The highest BCUT2D eigenvalue weighted by molar-refractivity contribution is 7.98. The van der Waals surface area contributed by atoms with Gasteiger partial charge in [-0.15, -0.1) is 11.8 Å². The van der Waals surface area contributed by atoms with Crippen LogP contribution in [0.25, 0.3) is 0 Å². The second-order valence-corrected chi connectivity index (χ2v) is 4.37. The fourth-order valence-corrected chi connectivity index (χ4v) is 1.81. The molecule has 0 bridgehead atoms. The molecule has 0 saturated carbocycles. The molecule has 1 rings (SSSR count). The Hall–Kier alpha value is -0.850. The van der Waals surface area contributed by atoms with Crippen molar-refractivity contribution in [3.63, 3.8) is 0 Å². The SMILES string of the molecule is COCCN(CCCN)c1cc(SC)ncn1. The lowest BCUT2D eigenvalue weighted by Gasteiger charge is -2.23. The smallest absolute Gasteiger partial charge is 0.133 e. The van der Waals surface area contributed by atoms with Crippen LogP contribution in [0.3, 0.4) is 0 Å². The Bertz CT molecular complexity index is 316. The van der Waals surface area contributed by atoms with Gasteiger partial charge in [0.15, 0.2) is 0 Å². The first-order valence-electron chi connectivity index (χ1n) is 5.61. The molecule has 0 aliphatic rings. The molecule has 17 heavy (non-hydrogen) atoms. The van der Waals surface area contributed by atoms with Crippen molar-refractivity contribution >= 4 is 17.6 Å². The molecule has 0 aliphatic carbocycles. The van der Waals surface area contributed by atoms with Gasteiger partial charge in [0.1, 0.15) is 17.2 Å². The van der Waals surface area contributed by atoms with Crippen molar-refractivity contribution in [1.29, 1.82) is 0 Å². The van der Waals surface area contributed by atoms with Crippen molar-refractivity contribution in [2.24, 2.45) is 5.73 Å². The predicted octanol–water partition coefficient (Wildman–Crippen LogP) is 1.00. The first-order valence-corrected chi connectivity index (χ1v) is 6.84. The van der Waals surface area contributed by atoms with Crippen molar-refractivity contribution in [2.75, 3.05) is 44.5 Å². The molecular weight excluding hydrogens is 236 g/mol. The zero-order valence-corrected chi connectivity index (χ0v) is 11.2. The molecule has 0 atom stereocenters. The van der Waals surface area contributed by atoms with E-state index in [1.54, 1.807) is 25.2 Å². The second kappa shape index (κ2) is 8.27. The minimum atomic E-state index is 0.684. The van der Waals surface area contributed by atoms with Crippen molar-refractivity contribution in [3.8, 4) is 0 Å². The van der Waals surface area contributed by atoms with Crippen molar-refractivity contribution in [1.82, 2.24) is 9.97 Å². The minimum Gasteiger partial charge on any atom is -0.383 e. The largest absolute Gasteiger partial charge is 0.383 e. The predicted molar refractivity (Wildman–Crippen MR) is 71.6 cm³/mol. The van der Waals surface area contributed by atoms with E-state index >= 15 is 0 Å². The van der Waals surface area contributed by atoms with E-state index in [-0.39, 0.29) is 0 Å². The van der Waals surface area contributed by atoms with Crippen LogP contribution >= 0.6 is 11.8 Å².